The molecular formula is C24H23N3O. The van der Waals surface area contributed by atoms with Crippen LogP contribution in [0.25, 0.3) is 11.0 Å². The summed E-state index contributed by atoms with van der Waals surface area (Å²) in [6.07, 6.45) is 1.68. The van der Waals surface area contributed by atoms with Crippen LogP contribution < -0.4 is 5.32 Å². The van der Waals surface area contributed by atoms with Crippen molar-refractivity contribution < 1.29 is 4.79 Å². The lowest BCUT2D eigenvalue weighted by Gasteiger charge is -2.11. The molecule has 3 aromatic carbocycles. The maximum Gasteiger partial charge on any atom is 0.244 e. The number of carbonyl (C=O) groups is 1. The number of amides is 1. The summed E-state index contributed by atoms with van der Waals surface area (Å²) < 4.78 is 2.03. The molecule has 0 unspecified atom stereocenters. The zero-order valence-corrected chi connectivity index (χ0v) is 15.9. The first kappa shape index (κ1) is 18.0. The molecular weight excluding hydrogens is 346 g/mol. The van der Waals surface area contributed by atoms with Gasteiger partial charge < -0.3 is 9.88 Å². The summed E-state index contributed by atoms with van der Waals surface area (Å²) in [5, 5.41) is 3.00. The number of aryl methyl sites for hydroxylation is 3. The average molecular weight is 369 g/mol. The molecule has 140 valence electrons. The van der Waals surface area contributed by atoms with E-state index >= 15 is 0 Å². The molecule has 1 N–H and O–H groups in total. The molecule has 0 saturated heterocycles. The lowest BCUT2D eigenvalue weighted by atomic mass is 10.1. The van der Waals surface area contributed by atoms with Crippen LogP contribution in [0.4, 0.5) is 5.69 Å². The number of imidazole rings is 1. The number of para-hydroxylation sites is 2. The minimum atomic E-state index is -0.0466. The summed E-state index contributed by atoms with van der Waals surface area (Å²) in [7, 11) is 0. The molecule has 1 amide bonds. The molecule has 4 rings (SSSR count). The van der Waals surface area contributed by atoms with Gasteiger partial charge in [0.05, 0.1) is 11.0 Å². The van der Waals surface area contributed by atoms with E-state index in [1.165, 1.54) is 5.56 Å². The van der Waals surface area contributed by atoms with Gasteiger partial charge in [-0.05, 0) is 48.7 Å². The standard InChI is InChI=1S/C24H23N3O/c1-18-8-7-11-20(16-18)25-24(28)17-27-22-13-6-5-12-21(22)26-23(27)15-14-19-9-3-2-4-10-19/h2-13,16H,14-15,17H2,1H3,(H,25,28). The average Bonchev–Trinajstić information content (AvgIpc) is 3.05. The number of hydrogen-bond acceptors (Lipinski definition) is 2. The van der Waals surface area contributed by atoms with Gasteiger partial charge in [-0.2, -0.15) is 0 Å². The van der Waals surface area contributed by atoms with E-state index in [2.05, 4.69) is 17.4 Å². The van der Waals surface area contributed by atoms with E-state index in [4.69, 9.17) is 4.98 Å². The molecule has 0 saturated carbocycles. The molecule has 0 aliphatic rings. The molecule has 0 spiro atoms. The van der Waals surface area contributed by atoms with Crippen molar-refractivity contribution in [2.45, 2.75) is 26.3 Å². The first-order valence-electron chi connectivity index (χ1n) is 9.53. The Morgan fingerprint density at radius 1 is 0.929 bits per heavy atom. The predicted molar refractivity (Wildman–Crippen MR) is 113 cm³/mol. The summed E-state index contributed by atoms with van der Waals surface area (Å²) in [6, 6.07) is 26.2. The number of nitrogens with one attached hydrogen (secondary N) is 1. The zero-order valence-electron chi connectivity index (χ0n) is 15.9. The maximum absolute atomic E-state index is 12.7. The zero-order chi connectivity index (χ0) is 19.3. The van der Waals surface area contributed by atoms with Gasteiger partial charge in [-0.25, -0.2) is 4.98 Å². The Labute approximate surface area is 164 Å². The van der Waals surface area contributed by atoms with Crippen molar-refractivity contribution in [2.75, 3.05) is 5.32 Å². The van der Waals surface area contributed by atoms with E-state index in [-0.39, 0.29) is 12.5 Å². The van der Waals surface area contributed by atoms with Gasteiger partial charge >= 0.3 is 0 Å². The van der Waals surface area contributed by atoms with Crippen LogP contribution in [-0.2, 0) is 24.2 Å². The molecule has 4 nitrogen and oxygen atoms in total. The largest absolute Gasteiger partial charge is 0.325 e. The number of aromatic nitrogens is 2. The Morgan fingerprint density at radius 2 is 1.71 bits per heavy atom. The van der Waals surface area contributed by atoms with E-state index < -0.39 is 0 Å². The highest BCUT2D eigenvalue weighted by atomic mass is 16.1. The molecule has 0 bridgehead atoms. The van der Waals surface area contributed by atoms with E-state index in [0.29, 0.717) is 0 Å². The second kappa shape index (κ2) is 8.09. The highest BCUT2D eigenvalue weighted by Gasteiger charge is 2.14. The van der Waals surface area contributed by atoms with Gasteiger partial charge in [-0.3, -0.25) is 4.79 Å². The predicted octanol–water partition coefficient (Wildman–Crippen LogP) is 4.77. The molecule has 0 atom stereocenters. The van der Waals surface area contributed by atoms with Crippen LogP contribution in [0.2, 0.25) is 0 Å². The molecule has 28 heavy (non-hydrogen) atoms. The smallest absolute Gasteiger partial charge is 0.244 e. The van der Waals surface area contributed by atoms with Gasteiger partial charge in [-0.15, -0.1) is 0 Å². The first-order valence-corrected chi connectivity index (χ1v) is 9.53. The van der Waals surface area contributed by atoms with Gasteiger partial charge in [0.15, 0.2) is 0 Å². The highest BCUT2D eigenvalue weighted by Crippen LogP contribution is 2.18. The molecule has 1 heterocycles. The quantitative estimate of drug-likeness (QED) is 0.532. The lowest BCUT2D eigenvalue weighted by Crippen LogP contribution is -2.20. The highest BCUT2D eigenvalue weighted by molar-refractivity contribution is 5.91. The van der Waals surface area contributed by atoms with Crippen molar-refractivity contribution in [3.63, 3.8) is 0 Å². The number of anilines is 1. The molecule has 0 fully saturated rings. The lowest BCUT2D eigenvalue weighted by molar-refractivity contribution is -0.116. The van der Waals surface area contributed by atoms with Crippen molar-refractivity contribution >= 4 is 22.6 Å². The van der Waals surface area contributed by atoms with Gasteiger partial charge in [0, 0.05) is 12.1 Å². The second-order valence-corrected chi connectivity index (χ2v) is 7.01. The van der Waals surface area contributed by atoms with E-state index in [1.807, 2.05) is 78.2 Å². The van der Waals surface area contributed by atoms with Crippen molar-refractivity contribution in [1.82, 2.24) is 9.55 Å². The SMILES string of the molecule is Cc1cccc(NC(=O)Cn2c(CCc3ccccc3)nc3ccccc32)c1. The Hall–Kier alpha value is -3.40. The fourth-order valence-corrected chi connectivity index (χ4v) is 3.46. The fourth-order valence-electron chi connectivity index (χ4n) is 3.46. The Morgan fingerprint density at radius 3 is 2.54 bits per heavy atom. The minimum absolute atomic E-state index is 0.0466. The molecule has 1 aromatic heterocycles. The number of fused-ring (bicyclic) bond motifs is 1. The summed E-state index contributed by atoms with van der Waals surface area (Å²) in [5.74, 6) is 0.888. The number of hydrogen-bond donors (Lipinski definition) is 1. The Balaban J connectivity index is 1.56. The molecule has 0 radical (unpaired) electrons. The molecule has 0 aliphatic heterocycles. The molecule has 0 aliphatic carbocycles. The maximum atomic E-state index is 12.7. The normalized spacial score (nSPS) is 10.9. The third kappa shape index (κ3) is 4.12. The van der Waals surface area contributed by atoms with E-state index in [9.17, 15) is 4.79 Å². The van der Waals surface area contributed by atoms with E-state index in [0.717, 1.165) is 41.0 Å². The van der Waals surface area contributed by atoms with Crippen LogP contribution in [0.5, 0.6) is 0 Å². The van der Waals surface area contributed by atoms with Crippen molar-refractivity contribution in [2.24, 2.45) is 0 Å². The summed E-state index contributed by atoms with van der Waals surface area (Å²) >= 11 is 0. The first-order chi connectivity index (χ1) is 13.7. The van der Waals surface area contributed by atoms with Crippen molar-refractivity contribution in [3.8, 4) is 0 Å². The number of benzene rings is 3. The summed E-state index contributed by atoms with van der Waals surface area (Å²) in [5.41, 5.74) is 5.12. The Bertz CT molecular complexity index is 1100. The fraction of sp³-hybridized carbons (Fsp3) is 0.167. The number of carbonyl (C=O) groups excluding carboxylic acids is 1. The third-order valence-electron chi connectivity index (χ3n) is 4.82. The van der Waals surface area contributed by atoms with Crippen molar-refractivity contribution in [3.05, 3.63) is 95.8 Å². The van der Waals surface area contributed by atoms with Gasteiger partial charge in [-0.1, -0.05) is 54.6 Å². The van der Waals surface area contributed by atoms with Crippen LogP contribution in [0.15, 0.2) is 78.9 Å². The van der Waals surface area contributed by atoms with Crippen LogP contribution in [0, 0.1) is 6.92 Å². The molecule has 4 aromatic rings. The van der Waals surface area contributed by atoms with Gasteiger partial charge in [0.1, 0.15) is 12.4 Å². The molecule has 4 heteroatoms. The van der Waals surface area contributed by atoms with Crippen LogP contribution in [0.1, 0.15) is 17.0 Å². The Kier molecular flexibility index (Phi) is 5.20. The number of rotatable bonds is 6. The summed E-state index contributed by atoms with van der Waals surface area (Å²) in [6.45, 7) is 2.26. The van der Waals surface area contributed by atoms with E-state index in [1.54, 1.807) is 0 Å². The summed E-state index contributed by atoms with van der Waals surface area (Å²) in [4.78, 5) is 17.5. The van der Waals surface area contributed by atoms with Gasteiger partial charge in [0.2, 0.25) is 5.91 Å². The number of nitrogens with zero attached hydrogens (tertiary/aromatic N) is 2. The van der Waals surface area contributed by atoms with Crippen LogP contribution in [0.3, 0.4) is 0 Å². The third-order valence-corrected chi connectivity index (χ3v) is 4.82. The topological polar surface area (TPSA) is 46.9 Å². The second-order valence-electron chi connectivity index (χ2n) is 7.01. The monoisotopic (exact) mass is 369 g/mol. The minimum Gasteiger partial charge on any atom is -0.325 e. The van der Waals surface area contributed by atoms with Crippen LogP contribution in [-0.4, -0.2) is 15.5 Å². The van der Waals surface area contributed by atoms with Gasteiger partial charge in [0.25, 0.3) is 0 Å². The van der Waals surface area contributed by atoms with Crippen LogP contribution >= 0.6 is 0 Å². The van der Waals surface area contributed by atoms with Crippen molar-refractivity contribution in [1.29, 1.82) is 0 Å².